The summed E-state index contributed by atoms with van der Waals surface area (Å²) in [6.45, 7) is 4.05. The van der Waals surface area contributed by atoms with Crippen LogP contribution in [-0.2, 0) is 11.3 Å². The van der Waals surface area contributed by atoms with Crippen LogP contribution in [0.4, 0.5) is 0 Å². The van der Waals surface area contributed by atoms with Gasteiger partial charge in [0.25, 0.3) is 11.8 Å². The van der Waals surface area contributed by atoms with E-state index in [0.717, 1.165) is 5.56 Å². The highest BCUT2D eigenvalue weighted by Crippen LogP contribution is 2.36. The topological polar surface area (TPSA) is 73.2 Å². The van der Waals surface area contributed by atoms with E-state index >= 15 is 0 Å². The number of amides is 2. The molecule has 0 atom stereocenters. The molecule has 1 saturated heterocycles. The van der Waals surface area contributed by atoms with E-state index in [0.29, 0.717) is 60.4 Å². The van der Waals surface area contributed by atoms with Crippen LogP contribution in [0.15, 0.2) is 54.6 Å². The molecular formula is C27H31N3O5. The van der Waals surface area contributed by atoms with Gasteiger partial charge in [0.2, 0.25) is 0 Å². The average molecular weight is 478 g/mol. The molecule has 0 unspecified atom stereocenters. The molecule has 0 aliphatic carbocycles. The maximum Gasteiger partial charge on any atom is 0.274 e. The molecule has 8 nitrogen and oxygen atoms in total. The van der Waals surface area contributed by atoms with E-state index in [4.69, 9.17) is 14.2 Å². The molecule has 4 rings (SSSR count). The van der Waals surface area contributed by atoms with Crippen molar-refractivity contribution in [2.75, 3.05) is 47.5 Å². The Morgan fingerprint density at radius 3 is 2.23 bits per heavy atom. The van der Waals surface area contributed by atoms with Crippen LogP contribution in [-0.4, -0.2) is 73.7 Å². The number of morpholine rings is 1. The van der Waals surface area contributed by atoms with Gasteiger partial charge in [-0.15, -0.1) is 0 Å². The van der Waals surface area contributed by atoms with Gasteiger partial charge in [-0.3, -0.25) is 14.2 Å². The molecule has 184 valence electrons. The highest BCUT2D eigenvalue weighted by molar-refractivity contribution is 6.03. The van der Waals surface area contributed by atoms with Crippen LogP contribution in [0.1, 0.15) is 32.1 Å². The molecule has 35 heavy (non-hydrogen) atoms. The Bertz CT molecular complexity index is 1180. The van der Waals surface area contributed by atoms with E-state index < -0.39 is 0 Å². The molecule has 2 amide bonds. The summed E-state index contributed by atoms with van der Waals surface area (Å²) in [5.74, 6) is 0.664. The van der Waals surface area contributed by atoms with Crippen molar-refractivity contribution in [2.24, 2.45) is 0 Å². The minimum Gasteiger partial charge on any atom is -0.497 e. The molecule has 0 bridgehead atoms. The second-order valence-corrected chi connectivity index (χ2v) is 8.56. The molecule has 2 heterocycles. The Labute approximate surface area is 205 Å². The quantitative estimate of drug-likeness (QED) is 0.520. The molecular weight excluding hydrogens is 446 g/mol. The zero-order chi connectivity index (χ0) is 24.9. The largest absolute Gasteiger partial charge is 0.497 e. The number of methoxy groups -OCH3 is 1. The van der Waals surface area contributed by atoms with Crippen LogP contribution in [0, 0.1) is 6.92 Å². The maximum atomic E-state index is 13.8. The first-order valence-electron chi connectivity index (χ1n) is 11.6. The summed E-state index contributed by atoms with van der Waals surface area (Å²) in [7, 11) is 4.97. The normalized spacial score (nSPS) is 13.4. The highest BCUT2D eigenvalue weighted by atomic mass is 16.5. The molecule has 1 aliphatic heterocycles. The van der Waals surface area contributed by atoms with E-state index in [9.17, 15) is 9.59 Å². The third-order valence-corrected chi connectivity index (χ3v) is 6.02. The molecule has 0 spiro atoms. The Balaban J connectivity index is 1.89. The van der Waals surface area contributed by atoms with E-state index in [1.165, 1.54) is 4.90 Å². The van der Waals surface area contributed by atoms with Crippen molar-refractivity contribution >= 4 is 11.8 Å². The van der Waals surface area contributed by atoms with Crippen molar-refractivity contribution in [1.82, 2.24) is 14.4 Å². The fourth-order valence-corrected chi connectivity index (χ4v) is 4.14. The van der Waals surface area contributed by atoms with E-state index in [1.54, 1.807) is 30.7 Å². The molecule has 1 aliphatic rings. The van der Waals surface area contributed by atoms with Gasteiger partial charge in [-0.25, -0.2) is 0 Å². The zero-order valence-corrected chi connectivity index (χ0v) is 20.6. The van der Waals surface area contributed by atoms with E-state index in [-0.39, 0.29) is 18.4 Å². The summed E-state index contributed by atoms with van der Waals surface area (Å²) >= 11 is 0. The fourth-order valence-electron chi connectivity index (χ4n) is 4.14. The number of aromatic nitrogens is 1. The summed E-state index contributed by atoms with van der Waals surface area (Å²) in [6.07, 6.45) is 0. The molecule has 0 radical (unpaired) electrons. The highest BCUT2D eigenvalue weighted by Gasteiger charge is 2.34. The van der Waals surface area contributed by atoms with Crippen molar-refractivity contribution in [2.45, 2.75) is 13.5 Å². The first-order chi connectivity index (χ1) is 16.9. The number of carbonyl (C=O) groups excluding carboxylic acids is 2. The number of nitrogens with zero attached hydrogens (tertiary/aromatic N) is 3. The molecule has 2 aromatic carbocycles. The summed E-state index contributed by atoms with van der Waals surface area (Å²) < 4.78 is 18.7. The van der Waals surface area contributed by atoms with Gasteiger partial charge in [-0.2, -0.15) is 0 Å². The van der Waals surface area contributed by atoms with Gasteiger partial charge in [0.1, 0.15) is 18.1 Å². The summed E-state index contributed by atoms with van der Waals surface area (Å²) in [5.41, 5.74) is 2.98. The molecule has 1 fully saturated rings. The maximum absolute atomic E-state index is 13.8. The molecule has 3 aromatic rings. The van der Waals surface area contributed by atoms with Gasteiger partial charge in [-0.1, -0.05) is 30.3 Å². The van der Waals surface area contributed by atoms with Crippen molar-refractivity contribution in [1.29, 1.82) is 0 Å². The lowest BCUT2D eigenvalue weighted by molar-refractivity contribution is 0.0297. The first-order valence-corrected chi connectivity index (χ1v) is 11.6. The number of ether oxygens (including phenoxy) is 3. The van der Waals surface area contributed by atoms with Crippen molar-refractivity contribution in [3.05, 3.63) is 77.1 Å². The number of carbonyl (C=O) groups is 2. The SMILES string of the molecule is COc1ccc(-n2c(C(=O)N3CCOCC3)c(C)c(OCc3ccccc3)c2C(=O)N(C)C)cc1. The molecule has 0 saturated carbocycles. The van der Waals surface area contributed by atoms with Crippen LogP contribution in [0.2, 0.25) is 0 Å². The van der Waals surface area contributed by atoms with Gasteiger partial charge in [-0.05, 0) is 36.8 Å². The van der Waals surface area contributed by atoms with Crippen LogP contribution in [0.25, 0.3) is 5.69 Å². The summed E-state index contributed by atoms with van der Waals surface area (Å²) in [5, 5.41) is 0. The number of hydrogen-bond donors (Lipinski definition) is 0. The smallest absolute Gasteiger partial charge is 0.274 e. The average Bonchev–Trinajstić information content (AvgIpc) is 3.19. The minimum atomic E-state index is -0.256. The predicted molar refractivity (Wildman–Crippen MR) is 133 cm³/mol. The lowest BCUT2D eigenvalue weighted by atomic mass is 10.2. The second-order valence-electron chi connectivity index (χ2n) is 8.56. The van der Waals surface area contributed by atoms with Crippen molar-refractivity contribution in [3.8, 4) is 17.2 Å². The fraction of sp³-hybridized carbons (Fsp3) is 0.333. The predicted octanol–water partition coefficient (Wildman–Crippen LogP) is 3.55. The Hall–Kier alpha value is -3.78. The third kappa shape index (κ3) is 5.02. The summed E-state index contributed by atoms with van der Waals surface area (Å²) in [6, 6.07) is 17.0. The minimum absolute atomic E-state index is 0.163. The van der Waals surface area contributed by atoms with Crippen LogP contribution >= 0.6 is 0 Å². The molecule has 1 aromatic heterocycles. The van der Waals surface area contributed by atoms with Gasteiger partial charge in [0.05, 0.1) is 20.3 Å². The Morgan fingerprint density at radius 2 is 1.63 bits per heavy atom. The van der Waals surface area contributed by atoms with E-state index in [2.05, 4.69) is 0 Å². The lowest BCUT2D eigenvalue weighted by Crippen LogP contribution is -2.41. The van der Waals surface area contributed by atoms with Crippen LogP contribution in [0.3, 0.4) is 0 Å². The molecule has 8 heteroatoms. The number of rotatable bonds is 7. The van der Waals surface area contributed by atoms with Gasteiger partial charge < -0.3 is 24.0 Å². The number of benzene rings is 2. The monoisotopic (exact) mass is 477 g/mol. The molecule has 0 N–H and O–H groups in total. The second kappa shape index (κ2) is 10.7. The van der Waals surface area contributed by atoms with Crippen LogP contribution < -0.4 is 9.47 Å². The Kier molecular flexibility index (Phi) is 7.41. The van der Waals surface area contributed by atoms with Gasteiger partial charge >= 0.3 is 0 Å². The standard InChI is InChI=1S/C27H31N3O5/c1-19-23(27(32)29-14-16-34-17-15-29)30(21-10-12-22(33-4)13-11-21)24(26(31)28(2)3)25(19)35-18-20-8-6-5-7-9-20/h5-13H,14-18H2,1-4H3. The van der Waals surface area contributed by atoms with Crippen molar-refractivity contribution < 1.29 is 23.8 Å². The third-order valence-electron chi connectivity index (χ3n) is 6.02. The van der Waals surface area contributed by atoms with Gasteiger partial charge in [0, 0.05) is 38.4 Å². The van der Waals surface area contributed by atoms with Crippen LogP contribution in [0.5, 0.6) is 11.5 Å². The van der Waals surface area contributed by atoms with Gasteiger partial charge in [0.15, 0.2) is 11.4 Å². The number of hydrogen-bond acceptors (Lipinski definition) is 5. The lowest BCUT2D eigenvalue weighted by Gasteiger charge is -2.27. The van der Waals surface area contributed by atoms with E-state index in [1.807, 2.05) is 61.5 Å². The van der Waals surface area contributed by atoms with Crippen molar-refractivity contribution in [3.63, 3.8) is 0 Å². The first kappa shape index (κ1) is 24.3. The summed E-state index contributed by atoms with van der Waals surface area (Å²) in [4.78, 5) is 30.6. The zero-order valence-electron chi connectivity index (χ0n) is 20.6. The Morgan fingerprint density at radius 1 is 0.971 bits per heavy atom.